The summed E-state index contributed by atoms with van der Waals surface area (Å²) in [5, 5.41) is 8.46. The number of esters is 1. The van der Waals surface area contributed by atoms with E-state index in [0.717, 1.165) is 11.3 Å². The molecule has 0 bridgehead atoms. The Labute approximate surface area is 213 Å². The topological polar surface area (TPSA) is 87.5 Å². The Kier molecular flexibility index (Phi) is 8.14. The van der Waals surface area contributed by atoms with Crippen LogP contribution in [-0.4, -0.2) is 40.2 Å². The third-order valence-corrected chi connectivity index (χ3v) is 6.33. The highest BCUT2D eigenvalue weighted by Crippen LogP contribution is 2.40. The van der Waals surface area contributed by atoms with Gasteiger partial charge in [-0.25, -0.2) is 13.9 Å². The van der Waals surface area contributed by atoms with E-state index in [1.54, 1.807) is 35.0 Å². The largest absolute Gasteiger partial charge is 0.493 e. The first-order valence-electron chi connectivity index (χ1n) is 11.7. The minimum absolute atomic E-state index is 0.0498. The maximum Gasteiger partial charge on any atom is 0.338 e. The zero-order valence-electron chi connectivity index (χ0n) is 20.7. The number of benzene rings is 2. The minimum Gasteiger partial charge on any atom is -0.493 e. The summed E-state index contributed by atoms with van der Waals surface area (Å²) in [5.74, 6) is 1.50. The van der Waals surface area contributed by atoms with Gasteiger partial charge in [0.1, 0.15) is 18.5 Å². The van der Waals surface area contributed by atoms with Gasteiger partial charge in [0.25, 0.3) is 0 Å². The summed E-state index contributed by atoms with van der Waals surface area (Å²) in [6.45, 7) is 6.16. The Morgan fingerprint density at radius 3 is 2.72 bits per heavy atom. The van der Waals surface area contributed by atoms with Gasteiger partial charge in [-0.3, -0.25) is 0 Å². The second kappa shape index (κ2) is 11.5. The average Bonchev–Trinajstić information content (AvgIpc) is 3.28. The van der Waals surface area contributed by atoms with E-state index in [4.69, 9.17) is 14.2 Å². The number of anilines is 1. The summed E-state index contributed by atoms with van der Waals surface area (Å²) in [4.78, 5) is 17.7. The Balaban J connectivity index is 1.71. The molecule has 0 amide bonds. The fourth-order valence-electron chi connectivity index (χ4n) is 3.91. The van der Waals surface area contributed by atoms with E-state index in [-0.39, 0.29) is 12.4 Å². The molecule has 1 atom stereocenters. The number of hydrogen-bond acceptors (Lipinski definition) is 8. The molecule has 190 valence electrons. The van der Waals surface area contributed by atoms with Crippen LogP contribution in [0.1, 0.15) is 44.4 Å². The van der Waals surface area contributed by atoms with E-state index >= 15 is 0 Å². The van der Waals surface area contributed by atoms with Crippen LogP contribution in [0.15, 0.2) is 58.9 Å². The lowest BCUT2D eigenvalue weighted by Gasteiger charge is -2.28. The van der Waals surface area contributed by atoms with Gasteiger partial charge in [0.2, 0.25) is 11.1 Å². The van der Waals surface area contributed by atoms with E-state index < -0.39 is 12.0 Å². The number of nitrogens with zero attached hydrogens (tertiary/aromatic N) is 3. The van der Waals surface area contributed by atoms with Gasteiger partial charge in [-0.1, -0.05) is 49.9 Å². The summed E-state index contributed by atoms with van der Waals surface area (Å²) in [7, 11) is 1.53. The van der Waals surface area contributed by atoms with Gasteiger partial charge in [0.15, 0.2) is 11.5 Å². The lowest BCUT2D eigenvalue weighted by Crippen LogP contribution is -2.29. The van der Waals surface area contributed by atoms with Crippen molar-refractivity contribution in [1.82, 2.24) is 14.8 Å². The number of carbonyl (C=O) groups is 1. The first-order chi connectivity index (χ1) is 17.5. The van der Waals surface area contributed by atoms with Crippen LogP contribution in [0, 0.1) is 5.82 Å². The number of hydrogen-bond donors (Lipinski definition) is 1. The number of nitrogens with one attached hydrogen (secondary N) is 1. The molecule has 1 aliphatic heterocycles. The van der Waals surface area contributed by atoms with E-state index in [1.165, 1.54) is 24.9 Å². The number of carbonyl (C=O) groups excluding carboxylic acids is 1. The highest BCUT2D eigenvalue weighted by atomic mass is 32.2. The molecule has 2 aromatic carbocycles. The molecule has 0 spiro atoms. The van der Waals surface area contributed by atoms with Gasteiger partial charge >= 0.3 is 5.97 Å². The van der Waals surface area contributed by atoms with Crippen molar-refractivity contribution in [3.8, 4) is 11.5 Å². The molecule has 0 radical (unpaired) electrons. The molecule has 0 aliphatic carbocycles. The summed E-state index contributed by atoms with van der Waals surface area (Å²) < 4.78 is 32.7. The number of rotatable bonds is 10. The predicted octanol–water partition coefficient (Wildman–Crippen LogP) is 5.36. The molecule has 8 nitrogen and oxygen atoms in total. The molecule has 0 fully saturated rings. The lowest BCUT2D eigenvalue weighted by molar-refractivity contribution is -0.139. The summed E-state index contributed by atoms with van der Waals surface area (Å²) in [6, 6.07) is 11.3. The Hall–Kier alpha value is -3.53. The molecule has 1 aliphatic rings. The van der Waals surface area contributed by atoms with Gasteiger partial charge in [-0.2, -0.15) is 4.98 Å². The van der Waals surface area contributed by atoms with E-state index in [1.807, 2.05) is 26.8 Å². The predicted molar refractivity (Wildman–Crippen MR) is 136 cm³/mol. The zero-order chi connectivity index (χ0) is 25.7. The first-order valence-corrected chi connectivity index (χ1v) is 12.7. The van der Waals surface area contributed by atoms with Crippen molar-refractivity contribution >= 4 is 23.7 Å². The number of halogens is 1. The lowest BCUT2D eigenvalue weighted by atomic mass is 9.95. The van der Waals surface area contributed by atoms with Crippen LogP contribution < -0.4 is 14.8 Å². The third-order valence-electron chi connectivity index (χ3n) is 5.61. The van der Waals surface area contributed by atoms with E-state index in [2.05, 4.69) is 15.4 Å². The summed E-state index contributed by atoms with van der Waals surface area (Å²) >= 11 is 1.51. The maximum absolute atomic E-state index is 14.0. The zero-order valence-corrected chi connectivity index (χ0v) is 21.5. The molecule has 0 saturated carbocycles. The number of methoxy groups -OCH3 is 1. The molecular weight excluding hydrogens is 483 g/mol. The van der Waals surface area contributed by atoms with Crippen molar-refractivity contribution in [3.05, 3.63) is 70.7 Å². The number of aromatic nitrogens is 3. The molecule has 10 heteroatoms. The third kappa shape index (κ3) is 5.33. The van der Waals surface area contributed by atoms with E-state index in [0.29, 0.717) is 52.5 Å². The minimum atomic E-state index is -0.584. The fraction of sp³-hybridized carbons (Fsp3) is 0.346. The van der Waals surface area contributed by atoms with Gasteiger partial charge in [-0.15, -0.1) is 5.10 Å². The second-order valence-electron chi connectivity index (χ2n) is 8.09. The number of allylic oxidation sites excluding steroid dienone is 1. The van der Waals surface area contributed by atoms with Crippen LogP contribution in [0.3, 0.4) is 0 Å². The smallest absolute Gasteiger partial charge is 0.338 e. The second-order valence-corrected chi connectivity index (χ2v) is 9.32. The summed E-state index contributed by atoms with van der Waals surface area (Å²) in [6.07, 6.45) is 0.712. The maximum atomic E-state index is 14.0. The molecule has 2 heterocycles. The molecule has 1 aromatic heterocycles. The van der Waals surface area contributed by atoms with Crippen molar-refractivity contribution in [2.75, 3.05) is 24.8 Å². The molecule has 4 rings (SSSR count). The van der Waals surface area contributed by atoms with Gasteiger partial charge in [-0.05, 0) is 42.9 Å². The van der Waals surface area contributed by atoms with E-state index in [9.17, 15) is 9.18 Å². The van der Waals surface area contributed by atoms with Crippen molar-refractivity contribution in [2.45, 2.75) is 45.0 Å². The van der Waals surface area contributed by atoms with Crippen molar-refractivity contribution in [1.29, 1.82) is 0 Å². The van der Waals surface area contributed by atoms with Crippen LogP contribution in [0.5, 0.6) is 11.5 Å². The number of thioether (sulfide) groups is 1. The molecule has 36 heavy (non-hydrogen) atoms. The highest BCUT2D eigenvalue weighted by molar-refractivity contribution is 7.99. The normalized spacial score (nSPS) is 14.8. The van der Waals surface area contributed by atoms with Crippen LogP contribution >= 0.6 is 11.8 Å². The Morgan fingerprint density at radius 1 is 1.19 bits per heavy atom. The molecule has 1 unspecified atom stereocenters. The van der Waals surface area contributed by atoms with Crippen LogP contribution in [-0.2, 0) is 16.1 Å². The van der Waals surface area contributed by atoms with Crippen LogP contribution in [0.25, 0.3) is 0 Å². The Bertz CT molecular complexity index is 1280. The average molecular weight is 513 g/mol. The molecule has 3 aromatic rings. The van der Waals surface area contributed by atoms with Gasteiger partial charge in [0.05, 0.1) is 19.3 Å². The number of ether oxygens (including phenoxy) is 3. The van der Waals surface area contributed by atoms with Gasteiger partial charge < -0.3 is 19.5 Å². The fourth-order valence-corrected chi connectivity index (χ4v) is 4.47. The van der Waals surface area contributed by atoms with Crippen LogP contribution in [0.4, 0.5) is 10.3 Å². The first kappa shape index (κ1) is 25.6. The Morgan fingerprint density at radius 2 is 2.00 bits per heavy atom. The molecule has 0 saturated heterocycles. The quantitative estimate of drug-likeness (QED) is 0.287. The number of fused-ring (bicyclic) bond motifs is 1. The monoisotopic (exact) mass is 512 g/mol. The SMILES string of the molecule is CCCOC(=O)C1=C(C)Nc2nc(SCC)nn2C1c1ccc(OCc2ccccc2F)c(OC)c1. The van der Waals surface area contributed by atoms with Crippen molar-refractivity contribution in [2.24, 2.45) is 0 Å². The molecule has 1 N–H and O–H groups in total. The standard InChI is InChI=1S/C26H29FN4O4S/c1-5-13-34-24(32)22-16(3)28-25-29-26(36-6-2)30-31(25)23(22)17-11-12-20(21(14-17)33-4)35-15-18-9-7-8-10-19(18)27/h7-12,14,23H,5-6,13,15H2,1-4H3,(H,28,29,30). The summed E-state index contributed by atoms with van der Waals surface area (Å²) in [5.41, 5.74) is 2.27. The van der Waals surface area contributed by atoms with Crippen LogP contribution in [0.2, 0.25) is 0 Å². The van der Waals surface area contributed by atoms with Crippen molar-refractivity contribution in [3.63, 3.8) is 0 Å². The van der Waals surface area contributed by atoms with Crippen molar-refractivity contribution < 1.29 is 23.4 Å². The van der Waals surface area contributed by atoms with Gasteiger partial charge in [0, 0.05) is 11.3 Å². The molecular formula is C26H29FN4O4S. The highest BCUT2D eigenvalue weighted by Gasteiger charge is 2.35.